The van der Waals surface area contributed by atoms with Gasteiger partial charge in [-0.15, -0.1) is 0 Å². The van der Waals surface area contributed by atoms with Gasteiger partial charge in [0.2, 0.25) is 11.8 Å². The summed E-state index contributed by atoms with van der Waals surface area (Å²) in [5.74, 6) is -1.99. The molecule has 1 aliphatic rings. The molecule has 0 aromatic rings. The molecule has 1 aliphatic heterocycles. The zero-order valence-corrected chi connectivity index (χ0v) is 23.1. The SMILES string of the molecule is CC.CC(C)C(=O)[C@H](CCCNC(N)=O)NC(=O)C(NC(=O)CCCCCN1C(=O)C=CC1=O)C(C)C. The van der Waals surface area contributed by atoms with Crippen LogP contribution in [0, 0.1) is 11.8 Å². The fourth-order valence-electron chi connectivity index (χ4n) is 3.63. The Balaban J connectivity index is 0.00000631. The Morgan fingerprint density at radius 3 is 2.00 bits per heavy atom. The van der Waals surface area contributed by atoms with Crippen LogP contribution in [0.1, 0.15) is 80.1 Å². The van der Waals surface area contributed by atoms with Crippen molar-refractivity contribution in [3.05, 3.63) is 12.2 Å². The summed E-state index contributed by atoms with van der Waals surface area (Å²) in [6.45, 7) is 11.7. The Hall–Kier alpha value is -3.24. The third-order valence-electron chi connectivity index (χ3n) is 5.65. The molecule has 1 rings (SSSR count). The predicted molar refractivity (Wildman–Crippen MR) is 141 cm³/mol. The minimum atomic E-state index is -0.806. The minimum Gasteiger partial charge on any atom is -0.352 e. The topological polar surface area (TPSA) is 168 Å². The zero-order chi connectivity index (χ0) is 28.5. The van der Waals surface area contributed by atoms with Crippen LogP contribution in [-0.2, 0) is 24.0 Å². The van der Waals surface area contributed by atoms with Crippen LogP contribution in [0.15, 0.2) is 12.2 Å². The second-order valence-electron chi connectivity index (χ2n) is 9.31. The van der Waals surface area contributed by atoms with Gasteiger partial charge in [-0.3, -0.25) is 28.9 Å². The molecule has 0 aromatic heterocycles. The Kier molecular flexibility index (Phi) is 16.5. The normalized spacial score (nSPS) is 14.2. The van der Waals surface area contributed by atoms with E-state index < -0.39 is 24.0 Å². The van der Waals surface area contributed by atoms with E-state index in [1.807, 2.05) is 13.8 Å². The summed E-state index contributed by atoms with van der Waals surface area (Å²) in [5.41, 5.74) is 5.05. The van der Waals surface area contributed by atoms with Gasteiger partial charge in [0.25, 0.3) is 11.8 Å². The number of primary amides is 1. The van der Waals surface area contributed by atoms with Crippen LogP contribution >= 0.6 is 0 Å². The van der Waals surface area contributed by atoms with Crippen molar-refractivity contribution in [3.63, 3.8) is 0 Å². The van der Waals surface area contributed by atoms with Gasteiger partial charge in [0.05, 0.1) is 6.04 Å². The van der Waals surface area contributed by atoms with Gasteiger partial charge in [-0.05, 0) is 31.6 Å². The number of Topliss-reactive ketones (excluding diaryl/α,β-unsaturated/α-hetero) is 1. The van der Waals surface area contributed by atoms with Crippen LogP contribution in [0.4, 0.5) is 4.79 Å². The first-order valence-electron chi connectivity index (χ1n) is 13.1. The van der Waals surface area contributed by atoms with E-state index in [9.17, 15) is 28.8 Å². The number of rotatable bonds is 16. The second-order valence-corrected chi connectivity index (χ2v) is 9.31. The number of ketones is 1. The molecule has 0 bridgehead atoms. The van der Waals surface area contributed by atoms with E-state index in [-0.39, 0.29) is 48.3 Å². The number of hydrogen-bond acceptors (Lipinski definition) is 6. The first-order valence-corrected chi connectivity index (χ1v) is 13.1. The molecule has 2 atom stereocenters. The Morgan fingerprint density at radius 1 is 0.892 bits per heavy atom. The number of amides is 6. The largest absolute Gasteiger partial charge is 0.352 e. The number of imide groups is 1. The van der Waals surface area contributed by atoms with Crippen molar-refractivity contribution in [1.29, 1.82) is 0 Å². The minimum absolute atomic E-state index is 0.128. The third kappa shape index (κ3) is 13.0. The average Bonchev–Trinajstić information content (AvgIpc) is 3.16. The molecular weight excluding hydrogens is 478 g/mol. The first-order chi connectivity index (χ1) is 17.4. The average molecular weight is 524 g/mol. The van der Waals surface area contributed by atoms with Crippen LogP contribution in [0.2, 0.25) is 0 Å². The van der Waals surface area contributed by atoms with E-state index in [0.717, 1.165) is 4.90 Å². The summed E-state index contributed by atoms with van der Waals surface area (Å²) >= 11 is 0. The quantitative estimate of drug-likeness (QED) is 0.178. The lowest BCUT2D eigenvalue weighted by Crippen LogP contribution is -2.54. The summed E-state index contributed by atoms with van der Waals surface area (Å²) < 4.78 is 0. The lowest BCUT2D eigenvalue weighted by atomic mass is 9.96. The van der Waals surface area contributed by atoms with Gasteiger partial charge in [-0.2, -0.15) is 0 Å². The van der Waals surface area contributed by atoms with Gasteiger partial charge < -0.3 is 21.7 Å². The van der Waals surface area contributed by atoms with Crippen molar-refractivity contribution in [2.75, 3.05) is 13.1 Å². The molecule has 0 aromatic carbocycles. The van der Waals surface area contributed by atoms with Crippen LogP contribution in [0.25, 0.3) is 0 Å². The molecule has 210 valence electrons. The van der Waals surface area contributed by atoms with E-state index in [0.29, 0.717) is 38.6 Å². The van der Waals surface area contributed by atoms with Crippen molar-refractivity contribution in [1.82, 2.24) is 20.9 Å². The highest BCUT2D eigenvalue weighted by Crippen LogP contribution is 2.11. The number of hydrogen-bond donors (Lipinski definition) is 4. The molecule has 11 nitrogen and oxygen atoms in total. The van der Waals surface area contributed by atoms with Gasteiger partial charge in [0.15, 0.2) is 5.78 Å². The number of nitrogens with one attached hydrogen (secondary N) is 3. The Bertz CT molecular complexity index is 806. The number of carbonyl (C=O) groups excluding carboxylic acids is 6. The summed E-state index contributed by atoms with van der Waals surface area (Å²) in [6.07, 6.45) is 5.24. The molecule has 0 spiro atoms. The van der Waals surface area contributed by atoms with Crippen molar-refractivity contribution in [2.45, 2.75) is 92.2 Å². The molecule has 1 unspecified atom stereocenters. The maximum absolute atomic E-state index is 12.9. The second kappa shape index (κ2) is 18.1. The van der Waals surface area contributed by atoms with Gasteiger partial charge in [-0.1, -0.05) is 48.0 Å². The lowest BCUT2D eigenvalue weighted by molar-refractivity contribution is -0.137. The number of nitrogens with zero attached hydrogens (tertiary/aromatic N) is 1. The van der Waals surface area contributed by atoms with Crippen molar-refractivity contribution in [2.24, 2.45) is 17.6 Å². The van der Waals surface area contributed by atoms with Crippen molar-refractivity contribution in [3.8, 4) is 0 Å². The molecule has 6 amide bonds. The third-order valence-corrected chi connectivity index (χ3v) is 5.65. The standard InChI is InChI=1S/C24H39N5O6.C2H6/c1-15(2)21(23(34)27-17(22(33)16(3)4)9-8-13-26-24(25)35)28-18(30)10-6-5-7-14-29-19(31)11-12-20(29)32;1-2/h11-12,15-17,21H,5-10,13-14H2,1-4H3,(H,27,34)(H,28,30)(H3,25,26,35);1-2H3/t17-,21?;/m0./s1. The highest BCUT2D eigenvalue weighted by molar-refractivity contribution is 6.12. The van der Waals surface area contributed by atoms with Crippen LogP contribution in [0.3, 0.4) is 0 Å². The number of nitrogens with two attached hydrogens (primary N) is 1. The van der Waals surface area contributed by atoms with Crippen molar-refractivity contribution < 1.29 is 28.8 Å². The predicted octanol–water partition coefficient (Wildman–Crippen LogP) is 1.80. The molecule has 37 heavy (non-hydrogen) atoms. The fourth-order valence-corrected chi connectivity index (χ4v) is 3.63. The number of urea groups is 1. The molecule has 0 saturated carbocycles. The van der Waals surface area contributed by atoms with Crippen LogP contribution < -0.4 is 21.7 Å². The zero-order valence-electron chi connectivity index (χ0n) is 23.1. The summed E-state index contributed by atoms with van der Waals surface area (Å²) in [6, 6.07) is -2.20. The number of unbranched alkanes of at least 4 members (excludes halogenated alkanes) is 2. The molecule has 5 N–H and O–H groups in total. The molecule has 11 heteroatoms. The number of carbonyl (C=O) groups is 6. The molecule has 0 fully saturated rings. The summed E-state index contributed by atoms with van der Waals surface area (Å²) in [5, 5.41) is 7.98. The monoisotopic (exact) mass is 523 g/mol. The summed E-state index contributed by atoms with van der Waals surface area (Å²) in [7, 11) is 0. The smallest absolute Gasteiger partial charge is 0.312 e. The molecule has 1 heterocycles. The van der Waals surface area contributed by atoms with E-state index >= 15 is 0 Å². The molecule has 0 radical (unpaired) electrons. The van der Waals surface area contributed by atoms with Crippen LogP contribution in [-0.4, -0.2) is 65.5 Å². The molecule has 0 saturated heterocycles. The maximum atomic E-state index is 12.9. The molecule has 0 aliphatic carbocycles. The van der Waals surface area contributed by atoms with Gasteiger partial charge >= 0.3 is 6.03 Å². The van der Waals surface area contributed by atoms with E-state index in [4.69, 9.17) is 5.73 Å². The van der Waals surface area contributed by atoms with Gasteiger partial charge in [0, 0.05) is 37.6 Å². The Morgan fingerprint density at radius 2 is 1.49 bits per heavy atom. The van der Waals surface area contributed by atoms with Crippen molar-refractivity contribution >= 4 is 35.4 Å². The fraction of sp³-hybridized carbons (Fsp3) is 0.692. The summed E-state index contributed by atoms with van der Waals surface area (Å²) in [4.78, 5) is 73.1. The van der Waals surface area contributed by atoms with Crippen LogP contribution in [0.5, 0.6) is 0 Å². The Labute approximate surface area is 220 Å². The van der Waals surface area contributed by atoms with E-state index in [2.05, 4.69) is 16.0 Å². The van der Waals surface area contributed by atoms with E-state index in [1.54, 1.807) is 27.7 Å². The molecular formula is C26H45N5O6. The van der Waals surface area contributed by atoms with Gasteiger partial charge in [0.1, 0.15) is 6.04 Å². The van der Waals surface area contributed by atoms with E-state index in [1.165, 1.54) is 12.2 Å². The maximum Gasteiger partial charge on any atom is 0.312 e. The lowest BCUT2D eigenvalue weighted by Gasteiger charge is -2.26. The van der Waals surface area contributed by atoms with Gasteiger partial charge in [-0.25, -0.2) is 4.79 Å². The first kappa shape index (κ1) is 33.8. The highest BCUT2D eigenvalue weighted by atomic mass is 16.2. The highest BCUT2D eigenvalue weighted by Gasteiger charge is 2.29.